The summed E-state index contributed by atoms with van der Waals surface area (Å²) in [6.07, 6.45) is 0.593. The molecule has 0 aliphatic heterocycles. The zero-order valence-electron chi connectivity index (χ0n) is 12.7. The van der Waals surface area contributed by atoms with E-state index in [1.165, 1.54) is 16.4 Å². The summed E-state index contributed by atoms with van der Waals surface area (Å²) in [4.78, 5) is 12.2. The van der Waals surface area contributed by atoms with Crippen molar-refractivity contribution in [3.8, 4) is 0 Å². The molecule has 24 heavy (non-hydrogen) atoms. The molecule has 0 aliphatic carbocycles. The van der Waals surface area contributed by atoms with Crippen molar-refractivity contribution in [1.29, 1.82) is 0 Å². The number of carbonyl (C=O) groups is 1. The quantitative estimate of drug-likeness (QED) is 0.416. The van der Waals surface area contributed by atoms with Crippen LogP contribution in [0.15, 0.2) is 59.8 Å². The summed E-state index contributed by atoms with van der Waals surface area (Å²) in [6.45, 7) is 0. The third kappa shape index (κ3) is 3.96. The van der Waals surface area contributed by atoms with Crippen LogP contribution in [-0.4, -0.2) is 26.4 Å². The fourth-order valence-electron chi connectivity index (χ4n) is 2.15. The molecule has 0 saturated heterocycles. The third-order valence-corrected chi connectivity index (χ3v) is 4.63. The van der Waals surface area contributed by atoms with E-state index < -0.39 is 0 Å². The van der Waals surface area contributed by atoms with Gasteiger partial charge in [0.15, 0.2) is 11.6 Å². The summed E-state index contributed by atoms with van der Waals surface area (Å²) in [7, 11) is 0. The molecule has 0 radical (unpaired) electrons. The number of ketones is 1. The first-order chi connectivity index (χ1) is 11.6. The van der Waals surface area contributed by atoms with E-state index in [9.17, 15) is 4.79 Å². The number of carbonyl (C=O) groups excluding carboxylic acids is 1. The number of hydrogen-bond donors (Lipinski definition) is 1. The molecule has 0 aliphatic rings. The Bertz CT molecular complexity index is 834. The second kappa shape index (κ2) is 7.51. The molecule has 7 heteroatoms. The Morgan fingerprint density at radius 2 is 1.79 bits per heavy atom. The number of hydrogen-bond acceptors (Lipinski definition) is 5. The molecule has 3 rings (SSSR count). The van der Waals surface area contributed by atoms with Crippen LogP contribution in [0.3, 0.4) is 0 Å². The summed E-state index contributed by atoms with van der Waals surface area (Å²) in [5.74, 6) is 6.92. The van der Waals surface area contributed by atoms with Gasteiger partial charge in [-0.1, -0.05) is 53.7 Å². The largest absolute Gasteiger partial charge is 0.336 e. The van der Waals surface area contributed by atoms with Crippen molar-refractivity contribution in [2.75, 3.05) is 11.6 Å². The maximum atomic E-state index is 12.2. The highest BCUT2D eigenvalue weighted by molar-refractivity contribution is 7.99. The summed E-state index contributed by atoms with van der Waals surface area (Å²) in [5.41, 5.74) is 1.71. The molecule has 1 aromatic heterocycles. The molecule has 0 spiro atoms. The van der Waals surface area contributed by atoms with Gasteiger partial charge < -0.3 is 5.84 Å². The molecule has 0 atom stereocenters. The standard InChI is InChI=1S/C17H15ClN4OS/c18-14-8-6-13(7-9-14)15(23)11-24-17-21-20-16(22(17)19)10-12-4-2-1-3-5-12/h1-9H,10-11,19H2. The molecular weight excluding hydrogens is 344 g/mol. The number of nitrogens with zero attached hydrogens (tertiary/aromatic N) is 3. The molecule has 2 aromatic carbocycles. The highest BCUT2D eigenvalue weighted by atomic mass is 35.5. The summed E-state index contributed by atoms with van der Waals surface area (Å²) < 4.78 is 1.44. The maximum absolute atomic E-state index is 12.2. The summed E-state index contributed by atoms with van der Waals surface area (Å²) >= 11 is 7.09. The predicted molar refractivity (Wildman–Crippen MR) is 95.9 cm³/mol. The minimum Gasteiger partial charge on any atom is -0.336 e. The van der Waals surface area contributed by atoms with E-state index in [2.05, 4.69) is 10.2 Å². The van der Waals surface area contributed by atoms with E-state index in [-0.39, 0.29) is 11.5 Å². The van der Waals surface area contributed by atoms with Gasteiger partial charge in [0.2, 0.25) is 5.16 Å². The molecule has 0 unspecified atom stereocenters. The zero-order chi connectivity index (χ0) is 16.9. The molecule has 5 nitrogen and oxygen atoms in total. The lowest BCUT2D eigenvalue weighted by Crippen LogP contribution is -2.15. The number of thioether (sulfide) groups is 1. The van der Waals surface area contributed by atoms with Crippen LogP contribution in [0.4, 0.5) is 0 Å². The Balaban J connectivity index is 1.64. The number of benzene rings is 2. The first kappa shape index (κ1) is 16.5. The molecular formula is C17H15ClN4OS. The van der Waals surface area contributed by atoms with Crippen LogP contribution in [0, 0.1) is 0 Å². The lowest BCUT2D eigenvalue weighted by molar-refractivity contribution is 0.102. The van der Waals surface area contributed by atoms with Gasteiger partial charge in [-0.25, -0.2) is 4.68 Å². The lowest BCUT2D eigenvalue weighted by atomic mass is 10.1. The van der Waals surface area contributed by atoms with Crippen LogP contribution < -0.4 is 5.84 Å². The Labute approximate surface area is 148 Å². The fourth-order valence-corrected chi connectivity index (χ4v) is 3.05. The van der Waals surface area contributed by atoms with E-state index >= 15 is 0 Å². The number of nitrogens with two attached hydrogens (primary N) is 1. The average Bonchev–Trinajstić information content (AvgIpc) is 2.94. The van der Waals surface area contributed by atoms with Gasteiger partial charge in [-0.05, 0) is 29.8 Å². The zero-order valence-corrected chi connectivity index (χ0v) is 14.3. The van der Waals surface area contributed by atoms with Crippen molar-refractivity contribution in [3.63, 3.8) is 0 Å². The van der Waals surface area contributed by atoms with Gasteiger partial charge in [0.1, 0.15) is 0 Å². The second-order valence-corrected chi connectivity index (χ2v) is 6.53. The lowest BCUT2D eigenvalue weighted by Gasteiger charge is -2.04. The fraction of sp³-hybridized carbons (Fsp3) is 0.118. The highest BCUT2D eigenvalue weighted by Gasteiger charge is 2.13. The molecule has 2 N–H and O–H groups in total. The van der Waals surface area contributed by atoms with Gasteiger partial charge in [0.05, 0.1) is 5.75 Å². The van der Waals surface area contributed by atoms with E-state index in [1.54, 1.807) is 24.3 Å². The minimum absolute atomic E-state index is 0.00993. The van der Waals surface area contributed by atoms with E-state index in [0.717, 1.165) is 5.56 Å². The van der Waals surface area contributed by atoms with Crippen molar-refractivity contribution < 1.29 is 4.79 Å². The van der Waals surface area contributed by atoms with Crippen LogP contribution in [0.1, 0.15) is 21.7 Å². The van der Waals surface area contributed by atoms with Crippen LogP contribution >= 0.6 is 23.4 Å². The Morgan fingerprint density at radius 1 is 1.08 bits per heavy atom. The number of halogens is 1. The monoisotopic (exact) mass is 358 g/mol. The smallest absolute Gasteiger partial charge is 0.210 e. The third-order valence-electron chi connectivity index (χ3n) is 3.44. The molecule has 122 valence electrons. The van der Waals surface area contributed by atoms with E-state index in [1.807, 2.05) is 30.3 Å². The number of rotatable bonds is 6. The van der Waals surface area contributed by atoms with Crippen LogP contribution in [0.5, 0.6) is 0 Å². The van der Waals surface area contributed by atoms with Crippen LogP contribution in [-0.2, 0) is 6.42 Å². The predicted octanol–water partition coefficient (Wildman–Crippen LogP) is 3.21. The van der Waals surface area contributed by atoms with Crippen molar-refractivity contribution >= 4 is 29.1 Å². The Hall–Kier alpha value is -2.31. The maximum Gasteiger partial charge on any atom is 0.210 e. The van der Waals surface area contributed by atoms with E-state index in [0.29, 0.717) is 28.0 Å². The molecule has 3 aromatic rings. The molecule has 1 heterocycles. The van der Waals surface area contributed by atoms with Crippen molar-refractivity contribution in [3.05, 3.63) is 76.6 Å². The summed E-state index contributed by atoms with van der Waals surface area (Å²) in [5, 5.41) is 9.30. The van der Waals surface area contributed by atoms with Crippen molar-refractivity contribution in [2.45, 2.75) is 11.6 Å². The Kier molecular flexibility index (Phi) is 5.17. The minimum atomic E-state index is -0.00993. The van der Waals surface area contributed by atoms with Gasteiger partial charge >= 0.3 is 0 Å². The number of nitrogen functional groups attached to an aromatic ring is 1. The van der Waals surface area contributed by atoms with Gasteiger partial charge in [-0.15, -0.1) is 10.2 Å². The second-order valence-electron chi connectivity index (χ2n) is 5.15. The topological polar surface area (TPSA) is 73.8 Å². The number of Topliss-reactive ketones (excluding diaryl/α,β-unsaturated/α-hetero) is 1. The molecule has 0 fully saturated rings. The van der Waals surface area contributed by atoms with Crippen LogP contribution in [0.25, 0.3) is 0 Å². The normalized spacial score (nSPS) is 10.7. The van der Waals surface area contributed by atoms with Gasteiger partial charge in [0, 0.05) is 17.0 Å². The molecule has 0 bridgehead atoms. The van der Waals surface area contributed by atoms with Gasteiger partial charge in [0.25, 0.3) is 0 Å². The first-order valence-electron chi connectivity index (χ1n) is 7.28. The SMILES string of the molecule is Nn1c(Cc2ccccc2)nnc1SCC(=O)c1ccc(Cl)cc1. The van der Waals surface area contributed by atoms with Crippen molar-refractivity contribution in [1.82, 2.24) is 14.9 Å². The highest BCUT2D eigenvalue weighted by Crippen LogP contribution is 2.18. The van der Waals surface area contributed by atoms with Gasteiger partial charge in [-0.2, -0.15) is 0 Å². The summed E-state index contributed by atoms with van der Waals surface area (Å²) in [6, 6.07) is 16.7. The first-order valence-corrected chi connectivity index (χ1v) is 8.64. The Morgan fingerprint density at radius 3 is 2.50 bits per heavy atom. The van der Waals surface area contributed by atoms with Crippen LogP contribution in [0.2, 0.25) is 5.02 Å². The average molecular weight is 359 g/mol. The van der Waals surface area contributed by atoms with Crippen molar-refractivity contribution in [2.24, 2.45) is 0 Å². The molecule has 0 amide bonds. The number of aromatic nitrogens is 3. The molecule has 0 saturated carbocycles. The van der Waals surface area contributed by atoms with E-state index in [4.69, 9.17) is 17.4 Å². The van der Waals surface area contributed by atoms with Gasteiger partial charge in [-0.3, -0.25) is 4.79 Å².